The van der Waals surface area contributed by atoms with E-state index in [0.717, 1.165) is 0 Å². The van der Waals surface area contributed by atoms with E-state index in [1.807, 2.05) is 12.5 Å². The maximum Gasteiger partial charge on any atom is 0.246 e. The Morgan fingerprint density at radius 1 is 0.952 bits per heavy atom. The van der Waals surface area contributed by atoms with Gasteiger partial charge in [0.25, 0.3) is 0 Å². The number of halogens is 1. The van der Waals surface area contributed by atoms with Gasteiger partial charge in [0, 0.05) is 11.1 Å². The molecule has 0 aliphatic rings. The fourth-order valence-electron chi connectivity index (χ4n) is 4.21. The molecule has 2 aromatic heterocycles. The second-order valence-corrected chi connectivity index (χ2v) is 14.1. The van der Waals surface area contributed by atoms with Crippen molar-refractivity contribution < 1.29 is 27.7 Å². The molecule has 0 spiro atoms. The van der Waals surface area contributed by atoms with Crippen LogP contribution in [0.4, 0.5) is 5.95 Å². The van der Waals surface area contributed by atoms with E-state index in [2.05, 4.69) is 15.2 Å². The number of nitrogens with zero attached hydrogens (tertiary/aromatic N) is 5. The summed E-state index contributed by atoms with van der Waals surface area (Å²) >= 11 is 5.99. The molecular formula is C28H33ClN5O6S2+. The summed E-state index contributed by atoms with van der Waals surface area (Å²) in [6, 6.07) is 16.7. The van der Waals surface area contributed by atoms with Crippen LogP contribution in [0.1, 0.15) is 11.7 Å². The summed E-state index contributed by atoms with van der Waals surface area (Å²) < 4.78 is 47.6. The summed E-state index contributed by atoms with van der Waals surface area (Å²) in [4.78, 5) is 4.52. The Morgan fingerprint density at radius 2 is 1.60 bits per heavy atom. The Morgan fingerprint density at radius 3 is 2.19 bits per heavy atom. The van der Waals surface area contributed by atoms with Gasteiger partial charge in [0.1, 0.15) is 28.6 Å². The number of methoxy groups -OCH3 is 3. The van der Waals surface area contributed by atoms with Crippen molar-refractivity contribution in [2.45, 2.75) is 6.10 Å². The standard InChI is InChI=1S/C28H33ClN5O6S2/c1-38-23-9-7-10-24(39-2)26(23)34-27(21-8-6-11-25(30-21)40-3)31-32-28(34)33(16-17-41(4)5)42(36,37)18-22(35)19-12-14-20(29)15-13-19/h6-15,22,35H,16-18H2,1-5H3/q+1/t22-/m1/s1. The number of aromatic nitrogens is 4. The molecule has 0 aliphatic heterocycles. The average Bonchev–Trinajstić information content (AvgIpc) is 3.40. The van der Waals surface area contributed by atoms with E-state index in [0.29, 0.717) is 45.1 Å². The lowest BCUT2D eigenvalue weighted by atomic mass is 10.1. The Balaban J connectivity index is 1.94. The number of pyridine rings is 1. The fourth-order valence-corrected chi connectivity index (χ4v) is 6.51. The van der Waals surface area contributed by atoms with Gasteiger partial charge in [-0.2, -0.15) is 0 Å². The number of rotatable bonds is 13. The number of para-hydroxylation sites is 1. The van der Waals surface area contributed by atoms with Crippen molar-refractivity contribution in [2.24, 2.45) is 0 Å². The number of anilines is 1. The third-order valence-corrected chi connectivity index (χ3v) is 9.32. The zero-order valence-corrected chi connectivity index (χ0v) is 26.3. The summed E-state index contributed by atoms with van der Waals surface area (Å²) in [6.45, 7) is 0.0902. The minimum Gasteiger partial charge on any atom is -0.494 e. The lowest BCUT2D eigenvalue weighted by Crippen LogP contribution is -2.39. The number of aliphatic hydroxyl groups excluding tert-OH is 1. The van der Waals surface area contributed by atoms with Gasteiger partial charge in [0.15, 0.2) is 5.82 Å². The lowest BCUT2D eigenvalue weighted by molar-refractivity contribution is 0.201. The van der Waals surface area contributed by atoms with Crippen molar-refractivity contribution >= 4 is 38.5 Å². The van der Waals surface area contributed by atoms with Crippen LogP contribution in [0.5, 0.6) is 17.4 Å². The summed E-state index contributed by atoms with van der Waals surface area (Å²) in [5.41, 5.74) is 1.18. The number of hydrogen-bond acceptors (Lipinski definition) is 9. The highest BCUT2D eigenvalue weighted by Gasteiger charge is 2.34. The normalized spacial score (nSPS) is 12.3. The third kappa shape index (κ3) is 6.92. The maximum absolute atomic E-state index is 14.1. The zero-order valence-electron chi connectivity index (χ0n) is 23.9. The predicted octanol–water partition coefficient (Wildman–Crippen LogP) is 3.76. The molecule has 0 radical (unpaired) electrons. The molecule has 0 amide bonds. The van der Waals surface area contributed by atoms with Gasteiger partial charge in [-0.15, -0.1) is 10.2 Å². The van der Waals surface area contributed by atoms with Gasteiger partial charge in [-0.3, -0.25) is 4.57 Å². The van der Waals surface area contributed by atoms with Gasteiger partial charge >= 0.3 is 0 Å². The van der Waals surface area contributed by atoms with Gasteiger partial charge in [0.05, 0.1) is 52.2 Å². The minimum absolute atomic E-state index is 0.00817. The van der Waals surface area contributed by atoms with E-state index in [1.54, 1.807) is 65.2 Å². The number of benzene rings is 2. The highest BCUT2D eigenvalue weighted by Crippen LogP contribution is 2.39. The van der Waals surface area contributed by atoms with Crippen LogP contribution in [0.2, 0.25) is 5.02 Å². The second-order valence-electron chi connectivity index (χ2n) is 9.34. The first-order valence-electron chi connectivity index (χ1n) is 12.8. The number of aliphatic hydroxyl groups is 1. The van der Waals surface area contributed by atoms with Crippen molar-refractivity contribution in [1.82, 2.24) is 19.7 Å². The molecule has 42 heavy (non-hydrogen) atoms. The van der Waals surface area contributed by atoms with Crippen LogP contribution in [0.25, 0.3) is 17.2 Å². The van der Waals surface area contributed by atoms with E-state index < -0.39 is 21.9 Å². The topological polar surface area (TPSA) is 129 Å². The van der Waals surface area contributed by atoms with Crippen LogP contribution in [0.15, 0.2) is 60.7 Å². The van der Waals surface area contributed by atoms with E-state index in [9.17, 15) is 13.5 Å². The van der Waals surface area contributed by atoms with Crippen LogP contribution in [0.3, 0.4) is 0 Å². The van der Waals surface area contributed by atoms with Crippen molar-refractivity contribution in [3.63, 3.8) is 0 Å². The molecule has 4 aromatic rings. The SMILES string of the molecule is COc1cccc(-c2nnc(N(CC[S+](C)C)S(=O)(=O)C[C@@H](O)c3ccc(Cl)cc3)n2-c2c(OC)cccc2OC)n1. The first-order valence-corrected chi connectivity index (χ1v) is 17.0. The summed E-state index contributed by atoms with van der Waals surface area (Å²) in [7, 11) is 0.217. The Hall–Kier alpha value is -3.52. The average molecular weight is 635 g/mol. The van der Waals surface area contributed by atoms with Gasteiger partial charge in [0.2, 0.25) is 21.9 Å². The summed E-state index contributed by atoms with van der Waals surface area (Å²) in [5, 5.41) is 20.2. The molecule has 0 fully saturated rings. The fraction of sp³-hybridized carbons (Fsp3) is 0.321. The monoisotopic (exact) mass is 634 g/mol. The lowest BCUT2D eigenvalue weighted by Gasteiger charge is -2.26. The molecule has 14 heteroatoms. The minimum atomic E-state index is -4.18. The van der Waals surface area contributed by atoms with Crippen molar-refractivity contribution in [2.75, 3.05) is 56.2 Å². The molecule has 1 atom stereocenters. The van der Waals surface area contributed by atoms with Crippen LogP contribution in [0, 0.1) is 0 Å². The second kappa shape index (κ2) is 13.6. The number of sulfonamides is 1. The largest absolute Gasteiger partial charge is 0.494 e. The van der Waals surface area contributed by atoms with Gasteiger partial charge < -0.3 is 19.3 Å². The molecule has 0 saturated heterocycles. The van der Waals surface area contributed by atoms with Crippen molar-refractivity contribution in [1.29, 1.82) is 0 Å². The van der Waals surface area contributed by atoms with Crippen LogP contribution >= 0.6 is 11.6 Å². The molecule has 2 aromatic carbocycles. The van der Waals surface area contributed by atoms with Crippen LogP contribution < -0.4 is 18.5 Å². The first-order chi connectivity index (χ1) is 20.1. The number of hydrogen-bond donors (Lipinski definition) is 1. The molecular weight excluding hydrogens is 602 g/mol. The molecule has 0 aliphatic carbocycles. The van der Waals surface area contributed by atoms with Gasteiger partial charge in [-0.25, -0.2) is 17.7 Å². The van der Waals surface area contributed by atoms with Crippen LogP contribution in [-0.2, 0) is 20.9 Å². The van der Waals surface area contributed by atoms with Gasteiger partial charge in [-0.1, -0.05) is 35.9 Å². The Bertz CT molecular complexity index is 1590. The molecule has 1 N–H and O–H groups in total. The third-order valence-electron chi connectivity index (χ3n) is 6.32. The quantitative estimate of drug-likeness (QED) is 0.219. The van der Waals surface area contributed by atoms with E-state index in [4.69, 9.17) is 25.8 Å². The zero-order chi connectivity index (χ0) is 30.4. The molecule has 11 nitrogen and oxygen atoms in total. The summed E-state index contributed by atoms with van der Waals surface area (Å²) in [5.74, 6) is 1.29. The predicted molar refractivity (Wildman–Crippen MR) is 166 cm³/mol. The van der Waals surface area contributed by atoms with Gasteiger partial charge in [-0.05, 0) is 46.8 Å². The van der Waals surface area contributed by atoms with Crippen LogP contribution in [-0.4, -0.2) is 85.2 Å². The molecule has 0 unspecified atom stereocenters. The van der Waals surface area contributed by atoms with E-state index in [1.165, 1.54) is 25.6 Å². The molecule has 4 rings (SSSR count). The smallest absolute Gasteiger partial charge is 0.246 e. The van der Waals surface area contributed by atoms with E-state index in [-0.39, 0.29) is 29.2 Å². The first kappa shape index (κ1) is 31.4. The van der Waals surface area contributed by atoms with Crippen molar-refractivity contribution in [3.05, 3.63) is 71.2 Å². The van der Waals surface area contributed by atoms with Crippen molar-refractivity contribution in [3.8, 4) is 34.6 Å². The van der Waals surface area contributed by atoms with E-state index >= 15 is 0 Å². The molecule has 0 saturated carbocycles. The molecule has 2 heterocycles. The molecule has 0 bridgehead atoms. The molecule has 224 valence electrons. The Kier molecular flexibility index (Phi) is 10.2. The summed E-state index contributed by atoms with van der Waals surface area (Å²) in [6.07, 6.45) is 2.73. The maximum atomic E-state index is 14.1. The highest BCUT2D eigenvalue weighted by molar-refractivity contribution is 7.95. The highest BCUT2D eigenvalue weighted by atomic mass is 35.5. The Labute approximate surface area is 253 Å². The number of ether oxygens (including phenoxy) is 3.